The van der Waals surface area contributed by atoms with Crippen molar-refractivity contribution in [3.63, 3.8) is 0 Å². The molecule has 5 aliphatic rings. The fourth-order valence-electron chi connectivity index (χ4n) is 6.01. The van der Waals surface area contributed by atoms with Gasteiger partial charge < -0.3 is 19.4 Å². The number of carbonyl (C=O) groups excluding carboxylic acids is 2. The second kappa shape index (κ2) is 8.82. The molecule has 0 aromatic rings. The molecule has 0 radical (unpaired) electrons. The van der Waals surface area contributed by atoms with Crippen LogP contribution < -0.4 is 0 Å². The zero-order chi connectivity index (χ0) is 23.9. The summed E-state index contributed by atoms with van der Waals surface area (Å²) in [5.41, 5.74) is 1.59. The van der Waals surface area contributed by atoms with E-state index in [2.05, 4.69) is 23.0 Å². The van der Waals surface area contributed by atoms with Gasteiger partial charge in [0.25, 0.3) is 0 Å². The van der Waals surface area contributed by atoms with Crippen molar-refractivity contribution < 1.29 is 27.5 Å². The van der Waals surface area contributed by atoms with Crippen molar-refractivity contribution in [2.75, 3.05) is 26.2 Å². The normalized spacial score (nSPS) is 26.8. The number of allylic oxidation sites excluding steroid dienone is 6. The van der Waals surface area contributed by atoms with Crippen molar-refractivity contribution in [1.82, 2.24) is 14.7 Å². The van der Waals surface area contributed by atoms with E-state index in [4.69, 9.17) is 0 Å². The summed E-state index contributed by atoms with van der Waals surface area (Å²) in [4.78, 5) is 32.3. The van der Waals surface area contributed by atoms with Gasteiger partial charge in [-0.15, -0.1) is 13.2 Å². The fourth-order valence-corrected chi connectivity index (χ4v) is 6.01. The maximum Gasteiger partial charge on any atom is 0.572 e. The third kappa shape index (κ3) is 4.36. The molecule has 34 heavy (non-hydrogen) atoms. The molecule has 5 rings (SSSR count). The van der Waals surface area contributed by atoms with Crippen molar-refractivity contribution in [3.8, 4) is 0 Å². The largest absolute Gasteiger partial charge is 0.572 e. The van der Waals surface area contributed by atoms with Crippen LogP contribution in [-0.4, -0.2) is 65.2 Å². The van der Waals surface area contributed by atoms with E-state index in [1.54, 1.807) is 11.0 Å². The summed E-state index contributed by atoms with van der Waals surface area (Å²) in [6.45, 7) is 2.44. The topological polar surface area (TPSA) is 53.1 Å². The Morgan fingerprint density at radius 3 is 2.47 bits per heavy atom. The molecular weight excluding hydrogens is 447 g/mol. The molecule has 2 aliphatic carbocycles. The predicted octanol–water partition coefficient (Wildman–Crippen LogP) is 4.87. The summed E-state index contributed by atoms with van der Waals surface area (Å²) in [6, 6.07) is 0.226. The summed E-state index contributed by atoms with van der Waals surface area (Å²) in [5, 5.41) is 0. The van der Waals surface area contributed by atoms with E-state index >= 15 is 0 Å². The van der Waals surface area contributed by atoms with E-state index in [1.165, 1.54) is 11.6 Å². The maximum absolute atomic E-state index is 13.4. The highest BCUT2D eigenvalue weighted by atomic mass is 19.4. The van der Waals surface area contributed by atoms with Crippen LogP contribution in [0.1, 0.15) is 51.4 Å². The van der Waals surface area contributed by atoms with E-state index in [-0.39, 0.29) is 30.2 Å². The quantitative estimate of drug-likeness (QED) is 0.570. The van der Waals surface area contributed by atoms with Gasteiger partial charge in [0, 0.05) is 38.3 Å². The number of likely N-dealkylation sites (tertiary alicyclic amines) is 3. The van der Waals surface area contributed by atoms with Gasteiger partial charge in [-0.2, -0.15) is 0 Å². The van der Waals surface area contributed by atoms with Gasteiger partial charge in [0.05, 0.1) is 11.5 Å². The van der Waals surface area contributed by atoms with Gasteiger partial charge in [-0.05, 0) is 62.7 Å². The van der Waals surface area contributed by atoms with Crippen LogP contribution in [0, 0.1) is 5.41 Å². The van der Waals surface area contributed by atoms with Crippen molar-refractivity contribution in [3.05, 3.63) is 47.4 Å². The Bertz CT molecular complexity index is 974. The molecule has 0 saturated carbocycles. The maximum atomic E-state index is 13.4. The van der Waals surface area contributed by atoms with Gasteiger partial charge in [-0.1, -0.05) is 18.2 Å². The van der Waals surface area contributed by atoms with Gasteiger partial charge in [-0.25, -0.2) is 4.79 Å². The first-order chi connectivity index (χ1) is 16.3. The van der Waals surface area contributed by atoms with Gasteiger partial charge in [-0.3, -0.25) is 4.79 Å². The SMILES string of the molecule is O=C(N1CCC2(CC1)CCN(C1=CC=C(OC(F)(F)F)CC1)C2=O)N1CCCC2=CC=CCC21. The lowest BCUT2D eigenvalue weighted by molar-refractivity contribution is -0.306. The number of piperidine rings is 2. The summed E-state index contributed by atoms with van der Waals surface area (Å²) >= 11 is 0. The highest BCUT2D eigenvalue weighted by Crippen LogP contribution is 2.44. The molecule has 0 N–H and O–H groups in total. The van der Waals surface area contributed by atoms with Gasteiger partial charge >= 0.3 is 12.4 Å². The van der Waals surface area contributed by atoms with Crippen molar-refractivity contribution in [1.29, 1.82) is 0 Å². The molecule has 3 heterocycles. The smallest absolute Gasteiger partial charge is 0.410 e. The Kier molecular flexibility index (Phi) is 5.98. The van der Waals surface area contributed by atoms with Gasteiger partial charge in [0.2, 0.25) is 5.91 Å². The Morgan fingerprint density at radius 1 is 1.00 bits per heavy atom. The number of carbonyl (C=O) groups is 2. The van der Waals surface area contributed by atoms with Crippen LogP contribution in [0.4, 0.5) is 18.0 Å². The lowest BCUT2D eigenvalue weighted by Gasteiger charge is -2.44. The molecule has 0 aromatic carbocycles. The van der Waals surface area contributed by atoms with Gasteiger partial charge in [0.1, 0.15) is 5.76 Å². The predicted molar refractivity (Wildman–Crippen MR) is 119 cm³/mol. The van der Waals surface area contributed by atoms with Crippen LogP contribution in [-0.2, 0) is 9.53 Å². The molecule has 3 aliphatic heterocycles. The molecule has 3 amide bonds. The van der Waals surface area contributed by atoms with Crippen LogP contribution in [0.25, 0.3) is 0 Å². The van der Waals surface area contributed by atoms with Crippen LogP contribution in [0.2, 0.25) is 0 Å². The van der Waals surface area contributed by atoms with Crippen LogP contribution >= 0.6 is 0 Å². The highest BCUT2D eigenvalue weighted by Gasteiger charge is 2.50. The Balaban J connectivity index is 1.20. The van der Waals surface area contributed by atoms with Crippen LogP contribution in [0.3, 0.4) is 0 Å². The summed E-state index contributed by atoms with van der Waals surface area (Å²) < 4.78 is 41.3. The fraction of sp³-hybridized carbons (Fsp3) is 0.600. The first-order valence-corrected chi connectivity index (χ1v) is 12.1. The number of halogens is 3. The number of ether oxygens (including phenoxy) is 1. The highest BCUT2D eigenvalue weighted by molar-refractivity contribution is 5.87. The number of hydrogen-bond donors (Lipinski definition) is 0. The first-order valence-electron chi connectivity index (χ1n) is 12.1. The third-order valence-corrected chi connectivity index (χ3v) is 7.91. The molecule has 1 spiro atoms. The monoisotopic (exact) mass is 477 g/mol. The van der Waals surface area contributed by atoms with E-state index in [9.17, 15) is 22.8 Å². The molecule has 1 unspecified atom stereocenters. The minimum atomic E-state index is -4.70. The number of rotatable bonds is 2. The average molecular weight is 478 g/mol. The van der Waals surface area contributed by atoms with E-state index in [1.807, 2.05) is 9.80 Å². The Morgan fingerprint density at radius 2 is 1.76 bits per heavy atom. The Hall–Kier alpha value is -2.71. The molecule has 3 saturated heterocycles. The number of nitrogens with zero attached hydrogens (tertiary/aromatic N) is 3. The molecule has 184 valence electrons. The summed E-state index contributed by atoms with van der Waals surface area (Å²) in [5.74, 6) is -0.0892. The lowest BCUT2D eigenvalue weighted by atomic mass is 9.77. The number of amides is 3. The summed E-state index contributed by atoms with van der Waals surface area (Å²) in [6.07, 6.45) is 9.82. The van der Waals surface area contributed by atoms with E-state index < -0.39 is 11.8 Å². The lowest BCUT2D eigenvalue weighted by Crippen LogP contribution is -2.54. The molecule has 3 fully saturated rings. The molecule has 0 aromatic heterocycles. The molecule has 6 nitrogen and oxygen atoms in total. The number of alkyl halides is 3. The first kappa shape index (κ1) is 23.1. The molecule has 0 bridgehead atoms. The second-order valence-electron chi connectivity index (χ2n) is 9.81. The minimum Gasteiger partial charge on any atom is -0.410 e. The average Bonchev–Trinajstić information content (AvgIpc) is 3.14. The second-order valence-corrected chi connectivity index (χ2v) is 9.81. The van der Waals surface area contributed by atoms with Crippen molar-refractivity contribution >= 4 is 11.9 Å². The molecule has 9 heteroatoms. The van der Waals surface area contributed by atoms with Gasteiger partial charge in [0.15, 0.2) is 0 Å². The minimum absolute atomic E-state index is 0.0417. The number of urea groups is 1. The molecule has 1 atom stereocenters. The van der Waals surface area contributed by atoms with E-state index in [0.717, 1.165) is 31.5 Å². The van der Waals surface area contributed by atoms with E-state index in [0.29, 0.717) is 45.3 Å². The zero-order valence-electron chi connectivity index (χ0n) is 19.1. The van der Waals surface area contributed by atoms with Crippen LogP contribution in [0.15, 0.2) is 47.4 Å². The van der Waals surface area contributed by atoms with Crippen LogP contribution in [0.5, 0.6) is 0 Å². The number of fused-ring (bicyclic) bond motifs is 1. The third-order valence-electron chi connectivity index (χ3n) is 7.91. The molecular formula is C25H30F3N3O3. The standard InChI is InChI=1S/C25H30F3N3O3/c26-25(27,28)34-20-9-7-19(8-10-20)30-17-13-24(22(30)32)11-15-29(16-12-24)23(33)31-14-3-5-18-4-1-2-6-21(18)31/h1-2,4,7,9,21H,3,5-6,8,10-17H2. The van der Waals surface area contributed by atoms with Crippen molar-refractivity contribution in [2.45, 2.75) is 63.8 Å². The zero-order valence-corrected chi connectivity index (χ0v) is 19.1. The number of hydrogen-bond acceptors (Lipinski definition) is 3. The summed E-state index contributed by atoms with van der Waals surface area (Å²) in [7, 11) is 0. The van der Waals surface area contributed by atoms with Crippen molar-refractivity contribution in [2.24, 2.45) is 5.41 Å². The Labute approximate surface area is 197 Å².